The molecule has 0 amide bonds. The molecule has 0 spiro atoms. The number of ether oxygens (including phenoxy) is 1. The van der Waals surface area contributed by atoms with Gasteiger partial charge in [-0.15, -0.1) is 0 Å². The van der Waals surface area contributed by atoms with Crippen molar-refractivity contribution in [3.63, 3.8) is 0 Å². The molecule has 0 saturated heterocycles. The second-order valence-electron chi connectivity index (χ2n) is 4.51. The van der Waals surface area contributed by atoms with E-state index >= 15 is 0 Å². The molecule has 1 aromatic rings. The fourth-order valence-corrected chi connectivity index (χ4v) is 1.84. The van der Waals surface area contributed by atoms with Crippen LogP contribution in [0.25, 0.3) is 0 Å². The van der Waals surface area contributed by atoms with Crippen LogP contribution in [0.3, 0.4) is 0 Å². The van der Waals surface area contributed by atoms with Crippen LogP contribution in [-0.2, 0) is 4.74 Å². The van der Waals surface area contributed by atoms with E-state index in [0.717, 1.165) is 12.1 Å². The molecule has 0 aromatic heterocycles. The number of hydrogen-bond donors (Lipinski definition) is 2. The number of halogens is 2. The van der Waals surface area contributed by atoms with Crippen LogP contribution in [0.15, 0.2) is 18.2 Å². The fraction of sp³-hybridized carbons (Fsp3) is 0.538. The Labute approximate surface area is 111 Å². The van der Waals surface area contributed by atoms with Crippen LogP contribution in [0.5, 0.6) is 0 Å². The molecule has 0 fully saturated rings. The fourth-order valence-electron chi connectivity index (χ4n) is 1.84. The summed E-state index contributed by atoms with van der Waals surface area (Å²) in [5.74, 6) is -1.46. The minimum absolute atomic E-state index is 0.0366. The van der Waals surface area contributed by atoms with E-state index in [0.29, 0.717) is 0 Å². The molecule has 0 radical (unpaired) electrons. The summed E-state index contributed by atoms with van der Waals surface area (Å²) in [6.45, 7) is 0.600. The van der Waals surface area contributed by atoms with Gasteiger partial charge in [-0.2, -0.15) is 0 Å². The van der Waals surface area contributed by atoms with E-state index in [9.17, 15) is 19.0 Å². The van der Waals surface area contributed by atoms with E-state index < -0.39 is 23.8 Å². The van der Waals surface area contributed by atoms with E-state index in [1.165, 1.54) is 13.2 Å². The third kappa shape index (κ3) is 5.20. The van der Waals surface area contributed by atoms with E-state index in [-0.39, 0.29) is 25.3 Å². The SMILES string of the molecule is COC[C@H](O)CN(C)C[C@@H](O)c1ccc(F)cc1F. The molecular weight excluding hydrogens is 256 g/mol. The Balaban J connectivity index is 2.56. The maximum absolute atomic E-state index is 13.4. The third-order valence-corrected chi connectivity index (χ3v) is 2.69. The molecule has 2 N–H and O–H groups in total. The summed E-state index contributed by atoms with van der Waals surface area (Å²) in [5.41, 5.74) is 0.0366. The monoisotopic (exact) mass is 275 g/mol. The molecule has 4 nitrogen and oxygen atoms in total. The van der Waals surface area contributed by atoms with Crippen LogP contribution in [0, 0.1) is 11.6 Å². The van der Waals surface area contributed by atoms with Crippen molar-refractivity contribution < 1.29 is 23.7 Å². The summed E-state index contributed by atoms with van der Waals surface area (Å²) in [5, 5.41) is 19.4. The highest BCUT2D eigenvalue weighted by Crippen LogP contribution is 2.18. The Kier molecular flexibility index (Phi) is 6.30. The Morgan fingerprint density at radius 2 is 1.95 bits per heavy atom. The molecule has 0 aliphatic heterocycles. The average Bonchev–Trinajstić information content (AvgIpc) is 2.28. The van der Waals surface area contributed by atoms with Crippen molar-refractivity contribution in [3.8, 4) is 0 Å². The summed E-state index contributed by atoms with van der Waals surface area (Å²) in [6, 6.07) is 3.05. The van der Waals surface area contributed by atoms with Crippen LogP contribution in [0.1, 0.15) is 11.7 Å². The molecule has 0 heterocycles. The first-order valence-corrected chi connectivity index (χ1v) is 5.92. The minimum Gasteiger partial charge on any atom is -0.389 e. The molecule has 19 heavy (non-hydrogen) atoms. The number of likely N-dealkylation sites (N-methyl/N-ethyl adjacent to an activating group) is 1. The molecule has 108 valence electrons. The highest BCUT2D eigenvalue weighted by Gasteiger charge is 2.17. The number of nitrogens with zero attached hydrogens (tertiary/aromatic N) is 1. The van der Waals surface area contributed by atoms with Gasteiger partial charge in [-0.25, -0.2) is 8.78 Å². The Morgan fingerprint density at radius 3 is 2.53 bits per heavy atom. The van der Waals surface area contributed by atoms with E-state index in [2.05, 4.69) is 0 Å². The summed E-state index contributed by atoms with van der Waals surface area (Å²) < 4.78 is 31.0. The summed E-state index contributed by atoms with van der Waals surface area (Å²) >= 11 is 0. The molecule has 0 bridgehead atoms. The molecule has 0 aliphatic carbocycles. The zero-order valence-corrected chi connectivity index (χ0v) is 11.0. The molecular formula is C13H19F2NO3. The van der Waals surface area contributed by atoms with Crippen molar-refractivity contribution in [3.05, 3.63) is 35.4 Å². The van der Waals surface area contributed by atoms with Gasteiger partial charge in [0.2, 0.25) is 0 Å². The standard InChI is InChI=1S/C13H19F2NO3/c1-16(6-10(17)8-19-2)7-13(18)11-4-3-9(14)5-12(11)15/h3-5,10,13,17-18H,6-8H2,1-2H3/t10-,13-/m1/s1. The third-order valence-electron chi connectivity index (χ3n) is 2.69. The number of aliphatic hydroxyl groups is 2. The lowest BCUT2D eigenvalue weighted by atomic mass is 10.1. The first kappa shape index (κ1) is 16.0. The Bertz CT molecular complexity index is 403. The van der Waals surface area contributed by atoms with Crippen LogP contribution in [0.2, 0.25) is 0 Å². The largest absolute Gasteiger partial charge is 0.389 e. The predicted octanol–water partition coefficient (Wildman–Crippen LogP) is 0.937. The lowest BCUT2D eigenvalue weighted by molar-refractivity contribution is 0.0314. The number of rotatable bonds is 7. The topological polar surface area (TPSA) is 52.9 Å². The van der Waals surface area contributed by atoms with Crippen molar-refractivity contribution in [2.24, 2.45) is 0 Å². The van der Waals surface area contributed by atoms with Crippen molar-refractivity contribution in [2.75, 3.05) is 33.9 Å². The quantitative estimate of drug-likeness (QED) is 0.777. The van der Waals surface area contributed by atoms with Crippen molar-refractivity contribution >= 4 is 0 Å². The first-order valence-electron chi connectivity index (χ1n) is 5.92. The average molecular weight is 275 g/mol. The van der Waals surface area contributed by atoms with Gasteiger partial charge in [-0.3, -0.25) is 0 Å². The molecule has 2 atom stereocenters. The lowest BCUT2D eigenvalue weighted by Gasteiger charge is -2.23. The van der Waals surface area contributed by atoms with Crippen LogP contribution >= 0.6 is 0 Å². The van der Waals surface area contributed by atoms with Gasteiger partial charge in [-0.05, 0) is 13.1 Å². The van der Waals surface area contributed by atoms with Gasteiger partial charge in [-0.1, -0.05) is 6.07 Å². The highest BCUT2D eigenvalue weighted by atomic mass is 19.1. The molecule has 1 aromatic carbocycles. The summed E-state index contributed by atoms with van der Waals surface area (Å²) in [7, 11) is 3.16. The molecule has 6 heteroatoms. The maximum Gasteiger partial charge on any atom is 0.131 e. The minimum atomic E-state index is -1.08. The van der Waals surface area contributed by atoms with Crippen LogP contribution in [0.4, 0.5) is 8.78 Å². The molecule has 0 saturated carbocycles. The Hall–Kier alpha value is -1.08. The van der Waals surface area contributed by atoms with Gasteiger partial charge >= 0.3 is 0 Å². The van der Waals surface area contributed by atoms with Gasteiger partial charge in [0.25, 0.3) is 0 Å². The van der Waals surface area contributed by atoms with E-state index in [1.807, 2.05) is 0 Å². The lowest BCUT2D eigenvalue weighted by Crippen LogP contribution is -2.34. The summed E-state index contributed by atoms with van der Waals surface area (Å²) in [4.78, 5) is 1.65. The smallest absolute Gasteiger partial charge is 0.131 e. The summed E-state index contributed by atoms with van der Waals surface area (Å²) in [6.07, 6.45) is -1.76. The predicted molar refractivity (Wildman–Crippen MR) is 66.7 cm³/mol. The highest BCUT2D eigenvalue weighted by molar-refractivity contribution is 5.21. The second-order valence-corrected chi connectivity index (χ2v) is 4.51. The van der Waals surface area contributed by atoms with Gasteiger partial charge in [0, 0.05) is 31.8 Å². The van der Waals surface area contributed by atoms with Gasteiger partial charge < -0.3 is 19.8 Å². The zero-order chi connectivity index (χ0) is 14.4. The molecule has 0 unspecified atom stereocenters. The number of aliphatic hydroxyl groups excluding tert-OH is 2. The van der Waals surface area contributed by atoms with Crippen LogP contribution in [-0.4, -0.2) is 55.1 Å². The first-order chi connectivity index (χ1) is 8.93. The van der Waals surface area contributed by atoms with E-state index in [4.69, 9.17) is 4.74 Å². The van der Waals surface area contributed by atoms with Crippen molar-refractivity contribution in [1.82, 2.24) is 4.90 Å². The van der Waals surface area contributed by atoms with Gasteiger partial charge in [0.15, 0.2) is 0 Å². The van der Waals surface area contributed by atoms with Crippen LogP contribution < -0.4 is 0 Å². The molecule has 1 rings (SSSR count). The van der Waals surface area contributed by atoms with Crippen molar-refractivity contribution in [2.45, 2.75) is 12.2 Å². The van der Waals surface area contributed by atoms with Crippen molar-refractivity contribution in [1.29, 1.82) is 0 Å². The molecule has 0 aliphatic rings. The second kappa shape index (κ2) is 7.49. The number of hydrogen-bond acceptors (Lipinski definition) is 4. The number of benzene rings is 1. The normalized spacial score (nSPS) is 14.7. The van der Waals surface area contributed by atoms with E-state index in [1.54, 1.807) is 11.9 Å². The number of methoxy groups -OCH3 is 1. The Morgan fingerprint density at radius 1 is 1.26 bits per heavy atom. The zero-order valence-electron chi connectivity index (χ0n) is 11.0. The van der Waals surface area contributed by atoms with Gasteiger partial charge in [0.1, 0.15) is 11.6 Å². The van der Waals surface area contributed by atoms with Gasteiger partial charge in [0.05, 0.1) is 18.8 Å². The maximum atomic E-state index is 13.4.